The van der Waals surface area contributed by atoms with Gasteiger partial charge >= 0.3 is 6.18 Å². The lowest BCUT2D eigenvalue weighted by Crippen LogP contribution is -2.38. The van der Waals surface area contributed by atoms with E-state index in [0.717, 1.165) is 12.7 Å². The number of carbonyl (C=O) groups is 1. The Bertz CT molecular complexity index is 476. The van der Waals surface area contributed by atoms with Crippen molar-refractivity contribution in [1.82, 2.24) is 10.3 Å². The molecule has 106 valence electrons. The van der Waals surface area contributed by atoms with Crippen LogP contribution in [0.2, 0.25) is 0 Å². The summed E-state index contributed by atoms with van der Waals surface area (Å²) in [6.45, 7) is 5.09. The van der Waals surface area contributed by atoms with Crippen molar-refractivity contribution < 1.29 is 18.0 Å². The molecule has 1 aromatic rings. The van der Waals surface area contributed by atoms with Crippen LogP contribution in [0, 0.1) is 11.3 Å². The third kappa shape index (κ3) is 2.53. The van der Waals surface area contributed by atoms with Gasteiger partial charge in [-0.25, -0.2) is 4.98 Å². The van der Waals surface area contributed by atoms with E-state index in [2.05, 4.69) is 10.3 Å². The molecular weight excluding hydrogens is 277 g/mol. The Kier molecular flexibility index (Phi) is 3.70. The number of aromatic nitrogens is 1. The van der Waals surface area contributed by atoms with E-state index in [4.69, 9.17) is 0 Å². The van der Waals surface area contributed by atoms with Gasteiger partial charge in [0.15, 0.2) is 10.8 Å². The lowest BCUT2D eigenvalue weighted by atomic mass is 9.72. The first-order chi connectivity index (χ1) is 8.77. The molecule has 19 heavy (non-hydrogen) atoms. The monoisotopic (exact) mass is 292 g/mol. The van der Waals surface area contributed by atoms with Crippen LogP contribution in [-0.2, 0) is 6.18 Å². The molecule has 2 rings (SSSR count). The Labute approximate surface area is 113 Å². The van der Waals surface area contributed by atoms with Gasteiger partial charge in [0.2, 0.25) is 0 Å². The van der Waals surface area contributed by atoms with Gasteiger partial charge in [0, 0.05) is 12.7 Å². The molecule has 1 saturated heterocycles. The van der Waals surface area contributed by atoms with Crippen LogP contribution in [0.5, 0.6) is 0 Å². The van der Waals surface area contributed by atoms with Gasteiger partial charge in [-0.2, -0.15) is 13.2 Å². The van der Waals surface area contributed by atoms with Crippen LogP contribution in [0.25, 0.3) is 0 Å². The van der Waals surface area contributed by atoms with Gasteiger partial charge in [-0.3, -0.25) is 4.79 Å². The Morgan fingerprint density at radius 1 is 1.53 bits per heavy atom. The second-order valence-electron chi connectivity index (χ2n) is 5.09. The number of rotatable bonds is 3. The summed E-state index contributed by atoms with van der Waals surface area (Å²) < 4.78 is 37.6. The van der Waals surface area contributed by atoms with Gasteiger partial charge in [-0.1, -0.05) is 13.8 Å². The Morgan fingerprint density at radius 2 is 2.21 bits per heavy atom. The van der Waals surface area contributed by atoms with Gasteiger partial charge in [0.25, 0.3) is 0 Å². The van der Waals surface area contributed by atoms with E-state index in [1.54, 1.807) is 0 Å². The van der Waals surface area contributed by atoms with E-state index in [0.29, 0.717) is 24.3 Å². The average molecular weight is 292 g/mol. The molecular formula is C12H15F3N2OS. The Hall–Kier alpha value is -0.950. The van der Waals surface area contributed by atoms with E-state index >= 15 is 0 Å². The molecule has 1 fully saturated rings. The number of halogens is 3. The summed E-state index contributed by atoms with van der Waals surface area (Å²) in [7, 11) is 0. The molecule has 0 spiro atoms. The molecule has 7 heteroatoms. The first-order valence-corrected chi connectivity index (χ1v) is 6.87. The van der Waals surface area contributed by atoms with Crippen molar-refractivity contribution in [2.24, 2.45) is 11.3 Å². The number of nitrogens with one attached hydrogen (secondary N) is 1. The number of Topliss-reactive ketones (excluding diaryl/α,β-unsaturated/α-hetero) is 1. The number of hydrogen-bond acceptors (Lipinski definition) is 4. The highest BCUT2D eigenvalue weighted by atomic mass is 32.1. The van der Waals surface area contributed by atoms with Gasteiger partial charge in [0.05, 0.1) is 10.3 Å². The number of alkyl halides is 3. The molecule has 1 unspecified atom stereocenters. The first-order valence-electron chi connectivity index (χ1n) is 6.06. The maximum atomic E-state index is 12.5. The predicted octanol–water partition coefficient (Wildman–Crippen LogP) is 2.98. The van der Waals surface area contributed by atoms with Crippen molar-refractivity contribution in [2.75, 3.05) is 13.1 Å². The second kappa shape index (κ2) is 4.86. The van der Waals surface area contributed by atoms with Crippen LogP contribution in [0.1, 0.15) is 34.9 Å². The minimum atomic E-state index is -4.48. The molecule has 0 bridgehead atoms. The molecule has 1 aromatic heterocycles. The van der Waals surface area contributed by atoms with Crippen LogP contribution in [0.4, 0.5) is 13.2 Å². The average Bonchev–Trinajstić information content (AvgIpc) is 2.97. The largest absolute Gasteiger partial charge is 0.443 e. The topological polar surface area (TPSA) is 42.0 Å². The zero-order valence-corrected chi connectivity index (χ0v) is 11.5. The number of nitrogens with zero attached hydrogens (tertiary/aromatic N) is 1. The third-order valence-electron chi connectivity index (χ3n) is 3.72. The summed E-state index contributed by atoms with van der Waals surface area (Å²) in [6, 6.07) is 0. The van der Waals surface area contributed by atoms with E-state index in [1.807, 2.05) is 13.8 Å². The van der Waals surface area contributed by atoms with Crippen LogP contribution in [0.3, 0.4) is 0 Å². The summed E-state index contributed by atoms with van der Waals surface area (Å²) >= 11 is 0.437. The van der Waals surface area contributed by atoms with E-state index < -0.39 is 16.6 Å². The number of ketones is 1. The molecule has 1 atom stereocenters. The molecule has 0 radical (unpaired) electrons. The van der Waals surface area contributed by atoms with E-state index in [9.17, 15) is 18.0 Å². The van der Waals surface area contributed by atoms with Crippen LogP contribution in [0.15, 0.2) is 6.20 Å². The molecule has 2 heterocycles. The van der Waals surface area contributed by atoms with Gasteiger partial charge in [-0.05, 0) is 18.9 Å². The maximum absolute atomic E-state index is 12.5. The Balaban J connectivity index is 2.31. The van der Waals surface area contributed by atoms with Crippen LogP contribution >= 0.6 is 11.3 Å². The molecule has 1 N–H and O–H groups in total. The van der Waals surface area contributed by atoms with Gasteiger partial charge < -0.3 is 5.32 Å². The number of carbonyl (C=O) groups excluding carboxylic acids is 1. The van der Waals surface area contributed by atoms with E-state index in [-0.39, 0.29) is 16.6 Å². The van der Waals surface area contributed by atoms with Gasteiger partial charge in [-0.15, -0.1) is 11.3 Å². The fourth-order valence-electron chi connectivity index (χ4n) is 2.42. The van der Waals surface area contributed by atoms with Crippen molar-refractivity contribution >= 4 is 17.1 Å². The summed E-state index contributed by atoms with van der Waals surface area (Å²) in [5.41, 5.74) is -0.602. The van der Waals surface area contributed by atoms with Crippen molar-refractivity contribution in [2.45, 2.75) is 26.4 Å². The summed E-state index contributed by atoms with van der Waals surface area (Å²) in [4.78, 5) is 15.9. The predicted molar refractivity (Wildman–Crippen MR) is 66.2 cm³/mol. The van der Waals surface area contributed by atoms with E-state index in [1.165, 1.54) is 0 Å². The maximum Gasteiger partial charge on any atom is 0.443 e. The third-order valence-corrected chi connectivity index (χ3v) is 4.76. The van der Waals surface area contributed by atoms with Crippen molar-refractivity contribution in [1.29, 1.82) is 0 Å². The first kappa shape index (κ1) is 14.5. The molecule has 1 aliphatic heterocycles. The fraction of sp³-hybridized carbons (Fsp3) is 0.667. The highest BCUT2D eigenvalue weighted by molar-refractivity contribution is 7.13. The molecule has 0 amide bonds. The smallest absolute Gasteiger partial charge is 0.316 e. The quantitative estimate of drug-likeness (QED) is 0.871. The second-order valence-corrected chi connectivity index (χ2v) is 6.12. The Morgan fingerprint density at radius 3 is 2.63 bits per heavy atom. The number of thiazole rings is 1. The molecule has 0 aliphatic carbocycles. The zero-order chi connectivity index (χ0) is 14.3. The highest BCUT2D eigenvalue weighted by Crippen LogP contribution is 2.40. The summed E-state index contributed by atoms with van der Waals surface area (Å²) in [6.07, 6.45) is -2.77. The van der Waals surface area contributed by atoms with Crippen molar-refractivity contribution in [3.63, 3.8) is 0 Å². The molecule has 3 nitrogen and oxygen atoms in total. The molecule has 0 aromatic carbocycles. The highest BCUT2D eigenvalue weighted by Gasteiger charge is 2.45. The SMILES string of the molecule is CC(C)C1(C(=O)c2cnc(C(F)(F)F)s2)CCNC1. The normalized spacial score (nSPS) is 24.1. The van der Waals surface area contributed by atoms with Crippen LogP contribution < -0.4 is 5.32 Å². The standard InChI is InChI=1S/C12H15F3N2OS/c1-7(2)11(3-4-16-6-11)9(18)8-5-17-10(19-8)12(13,14)15/h5,7,16H,3-4,6H2,1-2H3. The fourth-order valence-corrected chi connectivity index (χ4v) is 3.25. The lowest BCUT2D eigenvalue weighted by molar-refractivity contribution is -0.137. The van der Waals surface area contributed by atoms with Crippen LogP contribution in [-0.4, -0.2) is 23.9 Å². The van der Waals surface area contributed by atoms with Crippen molar-refractivity contribution in [3.05, 3.63) is 16.1 Å². The minimum absolute atomic E-state index is 0.0754. The molecule has 1 aliphatic rings. The summed E-state index contributed by atoms with van der Waals surface area (Å²) in [5.74, 6) is -0.146. The number of hydrogen-bond donors (Lipinski definition) is 1. The minimum Gasteiger partial charge on any atom is -0.316 e. The van der Waals surface area contributed by atoms with Gasteiger partial charge in [0.1, 0.15) is 0 Å². The summed E-state index contributed by atoms with van der Waals surface area (Å²) in [5, 5.41) is 2.17. The van der Waals surface area contributed by atoms with Crippen molar-refractivity contribution in [3.8, 4) is 0 Å². The lowest BCUT2D eigenvalue weighted by Gasteiger charge is -2.30. The zero-order valence-electron chi connectivity index (χ0n) is 10.7. The molecule has 0 saturated carbocycles.